The zero-order valence-electron chi connectivity index (χ0n) is 13.9. The van der Waals surface area contributed by atoms with Crippen molar-refractivity contribution in [2.24, 2.45) is 0 Å². The predicted molar refractivity (Wildman–Crippen MR) is 99.2 cm³/mol. The molecule has 0 amide bonds. The summed E-state index contributed by atoms with van der Waals surface area (Å²) in [7, 11) is 0. The van der Waals surface area contributed by atoms with Gasteiger partial charge in [0.25, 0.3) is 0 Å². The van der Waals surface area contributed by atoms with Gasteiger partial charge in [-0.3, -0.25) is 0 Å². The van der Waals surface area contributed by atoms with Crippen molar-refractivity contribution in [3.63, 3.8) is 0 Å². The minimum atomic E-state index is 0.491. The molecule has 1 aromatic rings. The van der Waals surface area contributed by atoms with Gasteiger partial charge in [-0.25, -0.2) is 0 Å². The number of nitrogens with one attached hydrogen (secondary N) is 1. The van der Waals surface area contributed by atoms with Crippen LogP contribution in [0, 0.1) is 0 Å². The van der Waals surface area contributed by atoms with E-state index in [0.717, 1.165) is 12.1 Å². The predicted octanol–water partition coefficient (Wildman–Crippen LogP) is 5.48. The zero-order chi connectivity index (χ0) is 15.9. The average molecular weight is 305 g/mol. The lowest BCUT2D eigenvalue weighted by atomic mass is 9.93. The summed E-state index contributed by atoms with van der Waals surface area (Å²) in [4.78, 5) is 0. The standard InChI is InChI=1S/C22H27N/c1-18-17-21(14-8-13-19-9-4-2-5-10-19)22(23-18)16-15-20-11-6-3-7-12-20/h2-6,9-11,17,22-23H,1,7-8,12-16H2/t22-/m0/s1. The van der Waals surface area contributed by atoms with Gasteiger partial charge in [0.15, 0.2) is 0 Å². The maximum absolute atomic E-state index is 4.10. The van der Waals surface area contributed by atoms with Gasteiger partial charge < -0.3 is 5.32 Å². The first-order valence-corrected chi connectivity index (χ1v) is 8.85. The number of allylic oxidation sites excluding steroid dienone is 5. The van der Waals surface area contributed by atoms with Crippen LogP contribution in [-0.4, -0.2) is 6.04 Å². The molecular weight excluding hydrogens is 278 g/mol. The molecule has 120 valence electrons. The maximum Gasteiger partial charge on any atom is 0.0480 e. The largest absolute Gasteiger partial charge is 0.379 e. The summed E-state index contributed by atoms with van der Waals surface area (Å²) in [6, 6.07) is 11.3. The third-order valence-corrected chi connectivity index (χ3v) is 4.79. The van der Waals surface area contributed by atoms with Crippen molar-refractivity contribution in [1.29, 1.82) is 0 Å². The van der Waals surface area contributed by atoms with Crippen LogP contribution in [-0.2, 0) is 6.42 Å². The van der Waals surface area contributed by atoms with E-state index in [9.17, 15) is 0 Å². The van der Waals surface area contributed by atoms with E-state index in [1.54, 1.807) is 5.57 Å². The van der Waals surface area contributed by atoms with E-state index < -0.39 is 0 Å². The van der Waals surface area contributed by atoms with E-state index in [1.807, 2.05) is 0 Å². The van der Waals surface area contributed by atoms with Gasteiger partial charge in [-0.2, -0.15) is 0 Å². The van der Waals surface area contributed by atoms with Crippen molar-refractivity contribution in [2.75, 3.05) is 0 Å². The first kappa shape index (κ1) is 15.9. The van der Waals surface area contributed by atoms with Gasteiger partial charge in [-0.15, -0.1) is 0 Å². The monoisotopic (exact) mass is 305 g/mol. The van der Waals surface area contributed by atoms with Crippen LogP contribution in [0.2, 0.25) is 0 Å². The fourth-order valence-electron chi connectivity index (χ4n) is 3.52. The highest BCUT2D eigenvalue weighted by Crippen LogP contribution is 2.26. The van der Waals surface area contributed by atoms with Gasteiger partial charge in [0, 0.05) is 11.7 Å². The van der Waals surface area contributed by atoms with Crippen molar-refractivity contribution < 1.29 is 0 Å². The Morgan fingerprint density at radius 3 is 2.74 bits per heavy atom. The van der Waals surface area contributed by atoms with Crippen molar-refractivity contribution in [1.82, 2.24) is 5.32 Å². The summed E-state index contributed by atoms with van der Waals surface area (Å²) in [6.45, 7) is 4.10. The topological polar surface area (TPSA) is 12.0 Å². The van der Waals surface area contributed by atoms with Crippen molar-refractivity contribution in [2.45, 2.75) is 51.0 Å². The van der Waals surface area contributed by atoms with Crippen LogP contribution in [0.1, 0.15) is 44.1 Å². The van der Waals surface area contributed by atoms with Gasteiger partial charge in [-0.1, -0.05) is 60.7 Å². The fraction of sp³-hybridized carbons (Fsp3) is 0.364. The molecule has 2 aliphatic rings. The quantitative estimate of drug-likeness (QED) is 0.703. The summed E-state index contributed by atoms with van der Waals surface area (Å²) in [5.41, 5.74) is 5.66. The first-order chi connectivity index (χ1) is 11.3. The molecule has 1 N–H and O–H groups in total. The molecule has 1 heteroatoms. The summed E-state index contributed by atoms with van der Waals surface area (Å²) in [5.74, 6) is 0. The Bertz CT molecular complexity index is 619. The van der Waals surface area contributed by atoms with Crippen molar-refractivity contribution in [3.8, 4) is 0 Å². The molecule has 1 atom stereocenters. The Morgan fingerprint density at radius 1 is 1.09 bits per heavy atom. The molecule has 0 spiro atoms. The summed E-state index contributed by atoms with van der Waals surface area (Å²) in [6.07, 6.45) is 17.4. The highest BCUT2D eigenvalue weighted by Gasteiger charge is 2.20. The van der Waals surface area contributed by atoms with E-state index in [1.165, 1.54) is 49.7 Å². The van der Waals surface area contributed by atoms with Gasteiger partial charge in [0.05, 0.1) is 0 Å². The number of hydrogen-bond acceptors (Lipinski definition) is 1. The third-order valence-electron chi connectivity index (χ3n) is 4.79. The molecule has 1 aromatic carbocycles. The molecule has 0 fully saturated rings. The molecule has 3 rings (SSSR count). The van der Waals surface area contributed by atoms with Gasteiger partial charge in [-0.05, 0) is 62.2 Å². The molecule has 1 nitrogen and oxygen atoms in total. The molecule has 0 unspecified atom stereocenters. The van der Waals surface area contributed by atoms with Crippen LogP contribution in [0.25, 0.3) is 0 Å². The van der Waals surface area contributed by atoms with Crippen LogP contribution < -0.4 is 5.32 Å². The molecule has 0 bridgehead atoms. The Labute approximate surface area is 140 Å². The lowest BCUT2D eigenvalue weighted by Crippen LogP contribution is -2.24. The second kappa shape index (κ2) is 8.01. The van der Waals surface area contributed by atoms with E-state index in [0.29, 0.717) is 6.04 Å². The molecule has 1 heterocycles. The lowest BCUT2D eigenvalue weighted by molar-refractivity contribution is 0.587. The van der Waals surface area contributed by atoms with Crippen LogP contribution in [0.15, 0.2) is 78.1 Å². The van der Waals surface area contributed by atoms with Crippen LogP contribution >= 0.6 is 0 Å². The summed E-state index contributed by atoms with van der Waals surface area (Å²) >= 11 is 0. The number of rotatable bonds is 7. The molecule has 1 aliphatic carbocycles. The zero-order valence-corrected chi connectivity index (χ0v) is 13.9. The average Bonchev–Trinajstić information content (AvgIpc) is 2.95. The van der Waals surface area contributed by atoms with Gasteiger partial charge >= 0.3 is 0 Å². The SMILES string of the molecule is C=C1C=C(CCCc2ccccc2)[C@H](CCC2=CC=CCC2)N1. The molecule has 1 aliphatic heterocycles. The van der Waals surface area contributed by atoms with Crippen LogP contribution in [0.5, 0.6) is 0 Å². The third kappa shape index (κ3) is 4.72. The smallest absolute Gasteiger partial charge is 0.0480 e. The molecular formula is C22H27N. The Balaban J connectivity index is 1.48. The number of hydrogen-bond donors (Lipinski definition) is 1. The fourth-order valence-corrected chi connectivity index (χ4v) is 3.52. The molecule has 23 heavy (non-hydrogen) atoms. The summed E-state index contributed by atoms with van der Waals surface area (Å²) in [5, 5.41) is 3.56. The van der Waals surface area contributed by atoms with Gasteiger partial charge in [0.1, 0.15) is 0 Å². The minimum absolute atomic E-state index is 0.491. The normalized spacial score (nSPS) is 20.2. The minimum Gasteiger partial charge on any atom is -0.379 e. The Kier molecular flexibility index (Phi) is 5.52. The molecule has 0 saturated carbocycles. The van der Waals surface area contributed by atoms with Crippen LogP contribution in [0.3, 0.4) is 0 Å². The highest BCUT2D eigenvalue weighted by atomic mass is 14.9. The second-order valence-electron chi connectivity index (χ2n) is 6.61. The van der Waals surface area contributed by atoms with E-state index >= 15 is 0 Å². The van der Waals surface area contributed by atoms with E-state index in [-0.39, 0.29) is 0 Å². The Morgan fingerprint density at radius 2 is 1.96 bits per heavy atom. The maximum atomic E-state index is 4.10. The summed E-state index contributed by atoms with van der Waals surface area (Å²) < 4.78 is 0. The Hall–Kier alpha value is -2.02. The second-order valence-corrected chi connectivity index (χ2v) is 6.61. The highest BCUT2D eigenvalue weighted by molar-refractivity contribution is 5.32. The molecule has 0 radical (unpaired) electrons. The number of benzene rings is 1. The van der Waals surface area contributed by atoms with Crippen molar-refractivity contribution in [3.05, 3.63) is 83.6 Å². The molecule has 0 aromatic heterocycles. The first-order valence-electron chi connectivity index (χ1n) is 8.85. The van der Waals surface area contributed by atoms with Crippen LogP contribution in [0.4, 0.5) is 0 Å². The molecule has 0 saturated heterocycles. The number of aryl methyl sites for hydroxylation is 1. The van der Waals surface area contributed by atoms with Crippen molar-refractivity contribution >= 4 is 0 Å². The lowest BCUT2D eigenvalue weighted by Gasteiger charge is -2.18. The van der Waals surface area contributed by atoms with Gasteiger partial charge in [0.2, 0.25) is 0 Å². The van der Waals surface area contributed by atoms with E-state index in [4.69, 9.17) is 0 Å². The van der Waals surface area contributed by atoms with E-state index in [2.05, 4.69) is 66.5 Å².